The number of carbonyl (C=O) groups is 1. The number of para-hydroxylation sites is 1. The van der Waals surface area contributed by atoms with Crippen LogP contribution in [0.15, 0.2) is 59.5 Å². The molecular formula is C30H35N5O3. The first-order valence-electron chi connectivity index (χ1n) is 13.2. The van der Waals surface area contributed by atoms with Gasteiger partial charge in [0.25, 0.3) is 11.5 Å². The van der Waals surface area contributed by atoms with E-state index in [2.05, 4.69) is 43.8 Å². The Morgan fingerprint density at radius 2 is 1.89 bits per heavy atom. The third-order valence-electron chi connectivity index (χ3n) is 7.86. The monoisotopic (exact) mass is 513 g/mol. The van der Waals surface area contributed by atoms with Crippen molar-refractivity contribution in [2.75, 3.05) is 25.1 Å². The summed E-state index contributed by atoms with van der Waals surface area (Å²) in [7, 11) is 1.53. The molecule has 8 heteroatoms. The quantitative estimate of drug-likeness (QED) is 0.372. The minimum absolute atomic E-state index is 0.0815. The zero-order valence-corrected chi connectivity index (χ0v) is 22.5. The van der Waals surface area contributed by atoms with Gasteiger partial charge in [0.1, 0.15) is 11.6 Å². The van der Waals surface area contributed by atoms with Crippen molar-refractivity contribution in [2.24, 2.45) is 5.92 Å². The van der Waals surface area contributed by atoms with Crippen molar-refractivity contribution < 1.29 is 9.53 Å². The van der Waals surface area contributed by atoms with Crippen LogP contribution in [0.5, 0.6) is 5.75 Å². The Hall–Kier alpha value is -4.07. The van der Waals surface area contributed by atoms with Crippen LogP contribution in [0.4, 0.5) is 5.82 Å². The van der Waals surface area contributed by atoms with Crippen LogP contribution in [0.3, 0.4) is 0 Å². The van der Waals surface area contributed by atoms with Gasteiger partial charge in [-0.25, -0.2) is 4.98 Å². The Labute approximate surface area is 222 Å². The number of methoxy groups -OCH3 is 1. The van der Waals surface area contributed by atoms with Crippen LogP contribution < -0.4 is 20.5 Å². The number of rotatable bonds is 7. The first-order valence-corrected chi connectivity index (χ1v) is 13.2. The normalized spacial score (nSPS) is 15.0. The summed E-state index contributed by atoms with van der Waals surface area (Å²) in [6.07, 6.45) is 3.96. The van der Waals surface area contributed by atoms with E-state index in [1.807, 2.05) is 43.5 Å². The number of pyridine rings is 2. The van der Waals surface area contributed by atoms with E-state index in [9.17, 15) is 9.59 Å². The van der Waals surface area contributed by atoms with Gasteiger partial charge in [0.15, 0.2) is 0 Å². The summed E-state index contributed by atoms with van der Waals surface area (Å²) >= 11 is 0. The summed E-state index contributed by atoms with van der Waals surface area (Å²) in [4.78, 5) is 35.7. The number of aryl methyl sites for hydroxylation is 1. The van der Waals surface area contributed by atoms with E-state index in [1.165, 1.54) is 7.11 Å². The van der Waals surface area contributed by atoms with Crippen molar-refractivity contribution in [3.8, 4) is 5.75 Å². The highest BCUT2D eigenvalue weighted by molar-refractivity contribution is 6.08. The zero-order valence-electron chi connectivity index (χ0n) is 22.5. The maximum Gasteiger partial charge on any atom is 0.256 e. The van der Waals surface area contributed by atoms with Crippen LogP contribution in [0, 0.1) is 19.8 Å². The van der Waals surface area contributed by atoms with Crippen LogP contribution in [-0.4, -0.2) is 40.6 Å². The molecular weight excluding hydrogens is 478 g/mol. The third kappa shape index (κ3) is 4.78. The summed E-state index contributed by atoms with van der Waals surface area (Å²) in [5, 5.41) is 3.89. The molecule has 1 atom stereocenters. The van der Waals surface area contributed by atoms with Gasteiger partial charge >= 0.3 is 0 Å². The molecule has 0 aliphatic carbocycles. The molecule has 1 aliphatic rings. The van der Waals surface area contributed by atoms with E-state index in [1.54, 1.807) is 13.0 Å². The number of carbonyl (C=O) groups excluding carboxylic acids is 1. The maximum absolute atomic E-state index is 13.6. The van der Waals surface area contributed by atoms with Crippen LogP contribution in [0.2, 0.25) is 0 Å². The van der Waals surface area contributed by atoms with Crippen molar-refractivity contribution in [1.29, 1.82) is 0 Å². The first kappa shape index (κ1) is 25.6. The van der Waals surface area contributed by atoms with Crippen molar-refractivity contribution >= 4 is 22.6 Å². The molecule has 1 amide bonds. The van der Waals surface area contributed by atoms with Crippen LogP contribution >= 0.6 is 0 Å². The van der Waals surface area contributed by atoms with Gasteiger partial charge in [0.2, 0.25) is 0 Å². The van der Waals surface area contributed by atoms with Crippen LogP contribution in [0.25, 0.3) is 10.9 Å². The number of amides is 1. The lowest BCUT2D eigenvalue weighted by Crippen LogP contribution is -2.36. The van der Waals surface area contributed by atoms with Crippen molar-refractivity contribution in [3.05, 3.63) is 87.6 Å². The lowest BCUT2D eigenvalue weighted by molar-refractivity contribution is 0.0951. The van der Waals surface area contributed by atoms with E-state index in [0.717, 1.165) is 48.3 Å². The summed E-state index contributed by atoms with van der Waals surface area (Å²) in [6.45, 7) is 8.09. The van der Waals surface area contributed by atoms with Crippen LogP contribution in [-0.2, 0) is 6.54 Å². The molecule has 4 aromatic rings. The molecule has 5 rings (SSSR count). The van der Waals surface area contributed by atoms with E-state index in [-0.39, 0.29) is 24.1 Å². The Kier molecular flexibility index (Phi) is 7.22. The second-order valence-electron chi connectivity index (χ2n) is 10.1. The molecule has 1 saturated heterocycles. The molecule has 198 valence electrons. The molecule has 1 aromatic carbocycles. The number of aromatic nitrogens is 3. The number of hydrogen-bond donors (Lipinski definition) is 2. The van der Waals surface area contributed by atoms with Gasteiger partial charge in [-0.3, -0.25) is 9.59 Å². The van der Waals surface area contributed by atoms with E-state index in [0.29, 0.717) is 28.5 Å². The molecule has 0 unspecified atom stereocenters. The molecule has 8 nitrogen and oxygen atoms in total. The molecule has 0 radical (unpaired) electrons. The van der Waals surface area contributed by atoms with Gasteiger partial charge < -0.3 is 24.5 Å². The highest BCUT2D eigenvalue weighted by Gasteiger charge is 2.29. The topological polar surface area (TPSA) is 92.2 Å². The summed E-state index contributed by atoms with van der Waals surface area (Å²) in [6, 6.07) is 16.1. The summed E-state index contributed by atoms with van der Waals surface area (Å²) in [5.74, 6) is 1.79. The van der Waals surface area contributed by atoms with Crippen molar-refractivity contribution in [1.82, 2.24) is 19.9 Å². The third-order valence-corrected chi connectivity index (χ3v) is 7.86. The fourth-order valence-corrected chi connectivity index (χ4v) is 5.86. The molecule has 1 fully saturated rings. The number of ether oxygens (including phenoxy) is 1. The van der Waals surface area contributed by atoms with E-state index >= 15 is 0 Å². The second kappa shape index (κ2) is 10.7. The standard InChI is InChI=1S/C30H35N5O3/c1-19-17-26(38-4)24(29(36)33-19)18-32-30(37)28-21(3)35(25-10-6-5-9-23(25)28)20(2)22-12-15-34(16-13-22)27-11-7-8-14-31-27/h5-11,14,17,20,22H,12-13,15-16,18H2,1-4H3,(H,32,37)(H,33,36)/t20-/m0/s1. The highest BCUT2D eigenvalue weighted by atomic mass is 16.5. The Balaban J connectivity index is 1.39. The fourth-order valence-electron chi connectivity index (χ4n) is 5.86. The largest absolute Gasteiger partial charge is 0.496 e. The maximum atomic E-state index is 13.6. The smallest absolute Gasteiger partial charge is 0.256 e. The highest BCUT2D eigenvalue weighted by Crippen LogP contribution is 2.36. The lowest BCUT2D eigenvalue weighted by atomic mass is 9.90. The predicted molar refractivity (Wildman–Crippen MR) is 150 cm³/mol. The SMILES string of the molecule is COc1cc(C)[nH]c(=O)c1CNC(=O)c1c(C)n([C@@H](C)C2CCN(c3ccccn3)CC2)c2ccccc12. The summed E-state index contributed by atoms with van der Waals surface area (Å²) in [5.41, 5.74) is 3.50. The molecule has 0 bridgehead atoms. The minimum atomic E-state index is -0.257. The Bertz CT molecular complexity index is 1500. The number of benzene rings is 1. The number of piperidine rings is 1. The molecule has 2 N–H and O–H groups in total. The number of nitrogens with one attached hydrogen (secondary N) is 2. The minimum Gasteiger partial charge on any atom is -0.496 e. The number of hydrogen-bond acceptors (Lipinski definition) is 5. The number of H-pyrrole nitrogens is 1. The van der Waals surface area contributed by atoms with Crippen molar-refractivity contribution in [3.63, 3.8) is 0 Å². The van der Waals surface area contributed by atoms with Gasteiger partial charge in [-0.1, -0.05) is 24.3 Å². The van der Waals surface area contributed by atoms with Crippen molar-refractivity contribution in [2.45, 2.75) is 46.2 Å². The van der Waals surface area contributed by atoms with Gasteiger partial charge in [-0.05, 0) is 63.8 Å². The summed E-state index contributed by atoms with van der Waals surface area (Å²) < 4.78 is 7.72. The van der Waals surface area contributed by atoms with E-state index in [4.69, 9.17) is 4.74 Å². The van der Waals surface area contributed by atoms with Gasteiger partial charge in [0.05, 0.1) is 24.8 Å². The molecule has 0 saturated carbocycles. The average Bonchev–Trinajstić information content (AvgIpc) is 3.23. The average molecular weight is 514 g/mol. The molecule has 0 spiro atoms. The zero-order chi connectivity index (χ0) is 26.8. The van der Waals surface area contributed by atoms with Gasteiger partial charge in [0, 0.05) is 47.6 Å². The first-order chi connectivity index (χ1) is 18.4. The number of fused-ring (bicyclic) bond motifs is 1. The molecule has 3 aromatic heterocycles. The molecule has 4 heterocycles. The molecule has 38 heavy (non-hydrogen) atoms. The van der Waals surface area contributed by atoms with Gasteiger partial charge in [-0.2, -0.15) is 0 Å². The number of anilines is 1. The van der Waals surface area contributed by atoms with E-state index < -0.39 is 0 Å². The Morgan fingerprint density at radius 3 is 2.61 bits per heavy atom. The predicted octanol–water partition coefficient (Wildman–Crippen LogP) is 4.76. The van der Waals surface area contributed by atoms with Crippen LogP contribution in [0.1, 0.15) is 53.1 Å². The second-order valence-corrected chi connectivity index (χ2v) is 10.1. The molecule has 1 aliphatic heterocycles. The van der Waals surface area contributed by atoms with Gasteiger partial charge in [-0.15, -0.1) is 0 Å². The Morgan fingerprint density at radius 1 is 1.16 bits per heavy atom. The number of nitrogens with zero attached hydrogens (tertiary/aromatic N) is 3. The fraction of sp³-hybridized carbons (Fsp3) is 0.367. The lowest BCUT2D eigenvalue weighted by Gasteiger charge is -2.36. The number of aromatic amines is 1.